The van der Waals surface area contributed by atoms with Crippen molar-refractivity contribution in [1.82, 2.24) is 20.3 Å². The number of aromatic nitrogens is 1. The smallest absolute Gasteiger partial charge is 0.294 e. The Morgan fingerprint density at radius 3 is 2.62 bits per heavy atom. The maximum Gasteiger partial charge on any atom is 0.459 e. The summed E-state index contributed by atoms with van der Waals surface area (Å²) >= 11 is 0. The molecule has 1 saturated heterocycles. The summed E-state index contributed by atoms with van der Waals surface area (Å²) in [5, 5.41) is 8.66. The summed E-state index contributed by atoms with van der Waals surface area (Å²) in [6.45, 7) is 1.36. The van der Waals surface area contributed by atoms with Gasteiger partial charge in [0.1, 0.15) is 0 Å². The molecule has 24 heavy (non-hydrogen) atoms. The van der Waals surface area contributed by atoms with Gasteiger partial charge < -0.3 is 0 Å². The zero-order valence-electron chi connectivity index (χ0n) is 13.0. The summed E-state index contributed by atoms with van der Waals surface area (Å²) in [5.74, 6) is -0.604. The summed E-state index contributed by atoms with van der Waals surface area (Å²) < 4.78 is 38.1. The molecule has 0 atom stereocenters. The largest absolute Gasteiger partial charge is 0.459 e. The molecule has 2 N–H and O–H groups in total. The summed E-state index contributed by atoms with van der Waals surface area (Å²) in [6.07, 6.45) is -1.18. The first-order valence-electron chi connectivity index (χ1n) is 7.86. The fourth-order valence-electron chi connectivity index (χ4n) is 3.42. The lowest BCUT2D eigenvalue weighted by Crippen LogP contribution is -2.50. The van der Waals surface area contributed by atoms with E-state index in [4.69, 9.17) is 5.21 Å². The topological polar surface area (TPSA) is 68.7 Å². The Morgan fingerprint density at radius 2 is 2.00 bits per heavy atom. The number of halogens is 3. The average molecular weight is 344 g/mol. The number of hydrogen-bond donors (Lipinski definition) is 2. The van der Waals surface area contributed by atoms with E-state index >= 15 is 0 Å². The molecule has 0 aromatic carbocycles. The van der Waals surface area contributed by atoms with E-state index < -0.39 is 12.2 Å². The second-order valence-corrected chi connectivity index (χ2v) is 6.18. The Kier molecular flexibility index (Phi) is 4.75. The van der Waals surface area contributed by atoms with E-state index in [1.807, 2.05) is 0 Å². The molecular formula is C15H19F3N4O2. The van der Waals surface area contributed by atoms with Crippen LogP contribution in [0.25, 0.3) is 0 Å². The first-order valence-corrected chi connectivity index (χ1v) is 7.86. The third kappa shape index (κ3) is 3.52. The van der Waals surface area contributed by atoms with Gasteiger partial charge in [-0.25, -0.2) is 10.4 Å². The van der Waals surface area contributed by atoms with Crippen LogP contribution in [0.2, 0.25) is 0 Å². The lowest BCUT2D eigenvalue weighted by atomic mass is 9.97. The predicted octanol–water partition coefficient (Wildman–Crippen LogP) is 1.54. The summed E-state index contributed by atoms with van der Waals surface area (Å²) in [5.41, 5.74) is 3.66. The van der Waals surface area contributed by atoms with Crippen LogP contribution in [0.4, 0.5) is 13.2 Å². The average Bonchev–Trinajstić information content (AvgIpc) is 2.59. The van der Waals surface area contributed by atoms with Crippen molar-refractivity contribution in [2.45, 2.75) is 38.1 Å². The molecule has 3 heterocycles. The highest BCUT2D eigenvalue weighted by atomic mass is 19.4. The normalized spacial score (nSPS) is 20.7. The lowest BCUT2D eigenvalue weighted by molar-refractivity contribution is -0.252. The van der Waals surface area contributed by atoms with Gasteiger partial charge in [-0.1, -0.05) is 0 Å². The first kappa shape index (κ1) is 17.1. The molecule has 1 aromatic rings. The summed E-state index contributed by atoms with van der Waals surface area (Å²) in [4.78, 5) is 18.4. The Morgan fingerprint density at radius 1 is 1.29 bits per heavy atom. The number of fused-ring (bicyclic) bond motifs is 1. The van der Waals surface area contributed by atoms with Crippen LogP contribution in [0, 0.1) is 0 Å². The second kappa shape index (κ2) is 6.66. The van der Waals surface area contributed by atoms with Crippen LogP contribution in [0.15, 0.2) is 12.3 Å². The summed E-state index contributed by atoms with van der Waals surface area (Å²) in [7, 11) is 0. The minimum atomic E-state index is -4.25. The van der Waals surface area contributed by atoms with Gasteiger partial charge in [-0.2, -0.15) is 13.2 Å². The van der Waals surface area contributed by atoms with E-state index in [0.717, 1.165) is 17.8 Å². The fraction of sp³-hybridized carbons (Fsp3) is 0.600. The number of likely N-dealkylation sites (tertiary alicyclic amines) is 1. The highest BCUT2D eigenvalue weighted by Gasteiger charge is 2.40. The minimum Gasteiger partial charge on any atom is -0.294 e. The Balaban J connectivity index is 1.63. The molecule has 1 fully saturated rings. The van der Waals surface area contributed by atoms with Crippen LogP contribution in [-0.4, -0.2) is 57.9 Å². The molecule has 6 nitrogen and oxygen atoms in total. The van der Waals surface area contributed by atoms with Gasteiger partial charge in [-0.15, -0.1) is 0 Å². The number of nitrogens with one attached hydrogen (secondary N) is 1. The van der Waals surface area contributed by atoms with E-state index in [2.05, 4.69) is 9.88 Å². The van der Waals surface area contributed by atoms with E-state index in [0.29, 0.717) is 36.3 Å². The molecule has 0 saturated carbocycles. The van der Waals surface area contributed by atoms with Gasteiger partial charge in [0.25, 0.3) is 5.91 Å². The Labute approximate surface area is 137 Å². The maximum absolute atomic E-state index is 12.7. The third-order valence-corrected chi connectivity index (χ3v) is 4.78. The molecule has 9 heteroatoms. The number of pyridine rings is 1. The standard InChI is InChI=1S/C15H19F3N4O2/c16-15(17,18)22-5-2-12(3-6-22)21-4-1-10-7-11(14(23)20-24)8-19-13(10)9-21/h7-8,12,24H,1-6,9H2,(H,20,23). The molecule has 132 valence electrons. The molecule has 0 aliphatic carbocycles. The minimum absolute atomic E-state index is 0.0283. The van der Waals surface area contributed by atoms with Crippen LogP contribution in [0.3, 0.4) is 0 Å². The first-order chi connectivity index (χ1) is 11.4. The van der Waals surface area contributed by atoms with Crippen molar-refractivity contribution < 1.29 is 23.2 Å². The number of rotatable bonds is 2. The van der Waals surface area contributed by atoms with Gasteiger partial charge in [0, 0.05) is 38.4 Å². The molecular weight excluding hydrogens is 325 g/mol. The number of hydroxylamine groups is 1. The zero-order valence-corrected chi connectivity index (χ0v) is 13.0. The van der Waals surface area contributed by atoms with Crippen molar-refractivity contribution in [1.29, 1.82) is 0 Å². The molecule has 2 aliphatic rings. The van der Waals surface area contributed by atoms with E-state index in [1.54, 1.807) is 11.5 Å². The lowest BCUT2D eigenvalue weighted by Gasteiger charge is -2.40. The van der Waals surface area contributed by atoms with Crippen molar-refractivity contribution in [3.63, 3.8) is 0 Å². The van der Waals surface area contributed by atoms with Crippen molar-refractivity contribution in [3.05, 3.63) is 29.1 Å². The molecule has 0 radical (unpaired) electrons. The van der Waals surface area contributed by atoms with Crippen LogP contribution >= 0.6 is 0 Å². The number of piperidine rings is 1. The van der Waals surface area contributed by atoms with Crippen molar-refractivity contribution in [3.8, 4) is 0 Å². The quantitative estimate of drug-likeness (QED) is 0.484. The monoisotopic (exact) mass is 344 g/mol. The van der Waals surface area contributed by atoms with Gasteiger partial charge in [0.2, 0.25) is 0 Å². The molecule has 1 amide bonds. The SMILES string of the molecule is O=C(NO)c1cnc2c(c1)CCN(C1CCN(C(F)(F)F)CC1)C2. The van der Waals surface area contributed by atoms with Crippen LogP contribution in [-0.2, 0) is 13.0 Å². The van der Waals surface area contributed by atoms with Gasteiger partial charge in [-0.3, -0.25) is 19.9 Å². The highest BCUT2D eigenvalue weighted by molar-refractivity contribution is 5.93. The zero-order chi connectivity index (χ0) is 17.3. The number of hydrogen-bond acceptors (Lipinski definition) is 5. The predicted molar refractivity (Wildman–Crippen MR) is 78.3 cm³/mol. The number of amides is 1. The Bertz CT molecular complexity index is 615. The number of carbonyl (C=O) groups excluding carboxylic acids is 1. The molecule has 1 aromatic heterocycles. The maximum atomic E-state index is 12.7. The van der Waals surface area contributed by atoms with Crippen LogP contribution in [0.5, 0.6) is 0 Å². The fourth-order valence-corrected chi connectivity index (χ4v) is 3.42. The number of nitrogens with zero attached hydrogens (tertiary/aromatic N) is 3. The molecule has 0 unspecified atom stereocenters. The van der Waals surface area contributed by atoms with Gasteiger partial charge in [0.05, 0.1) is 11.3 Å². The summed E-state index contributed by atoms with van der Waals surface area (Å²) in [6, 6.07) is 1.83. The van der Waals surface area contributed by atoms with Crippen molar-refractivity contribution in [2.75, 3.05) is 19.6 Å². The van der Waals surface area contributed by atoms with Crippen molar-refractivity contribution in [2.24, 2.45) is 0 Å². The number of carbonyl (C=O) groups is 1. The molecule has 0 spiro atoms. The van der Waals surface area contributed by atoms with Crippen LogP contribution in [0.1, 0.15) is 34.5 Å². The van der Waals surface area contributed by atoms with Gasteiger partial charge in [0.15, 0.2) is 0 Å². The van der Waals surface area contributed by atoms with Crippen molar-refractivity contribution >= 4 is 5.91 Å². The van der Waals surface area contributed by atoms with Crippen LogP contribution < -0.4 is 5.48 Å². The van der Waals surface area contributed by atoms with E-state index in [1.165, 1.54) is 6.20 Å². The van der Waals surface area contributed by atoms with Gasteiger partial charge >= 0.3 is 6.30 Å². The number of alkyl halides is 3. The highest BCUT2D eigenvalue weighted by Crippen LogP contribution is 2.29. The molecule has 2 aliphatic heterocycles. The Hall–Kier alpha value is -1.71. The van der Waals surface area contributed by atoms with E-state index in [9.17, 15) is 18.0 Å². The van der Waals surface area contributed by atoms with Gasteiger partial charge in [-0.05, 0) is 30.9 Å². The molecule has 0 bridgehead atoms. The molecule has 3 rings (SSSR count). The second-order valence-electron chi connectivity index (χ2n) is 6.18. The third-order valence-electron chi connectivity index (χ3n) is 4.78. The van der Waals surface area contributed by atoms with E-state index in [-0.39, 0.29) is 19.1 Å².